The lowest BCUT2D eigenvalue weighted by Gasteiger charge is -2.31. The second-order valence-electron chi connectivity index (χ2n) is 6.67. The molecule has 2 aromatic carbocycles. The number of H-pyrrole nitrogens is 1. The van der Waals surface area contributed by atoms with Crippen molar-refractivity contribution in [1.29, 1.82) is 0 Å². The molecule has 0 atom stereocenters. The zero-order valence-electron chi connectivity index (χ0n) is 14.4. The fourth-order valence-electron chi connectivity index (χ4n) is 3.54. The smallest absolute Gasteiger partial charge is 0.253 e. The summed E-state index contributed by atoms with van der Waals surface area (Å²) in [5.41, 5.74) is 2.54. The highest BCUT2D eigenvalue weighted by Gasteiger charge is 2.28. The molecule has 4 rings (SSSR count). The van der Waals surface area contributed by atoms with Gasteiger partial charge in [0.05, 0.1) is 5.69 Å². The van der Waals surface area contributed by atoms with Gasteiger partial charge in [0.25, 0.3) is 5.91 Å². The first-order valence-corrected chi connectivity index (χ1v) is 8.93. The fourth-order valence-corrected chi connectivity index (χ4v) is 3.54. The third kappa shape index (κ3) is 3.20. The zero-order chi connectivity index (χ0) is 17.9. The number of rotatable bonds is 3. The summed E-state index contributed by atoms with van der Waals surface area (Å²) in [6.45, 7) is 1.22. The van der Waals surface area contributed by atoms with E-state index < -0.39 is 0 Å². The Balaban J connectivity index is 1.38. The fraction of sp³-hybridized carbons (Fsp3) is 0.238. The molecule has 0 radical (unpaired) electrons. The Bertz CT molecular complexity index is 925. The molecule has 1 aliphatic rings. The molecule has 1 fully saturated rings. The number of anilines is 1. The summed E-state index contributed by atoms with van der Waals surface area (Å²) >= 11 is 0. The van der Waals surface area contributed by atoms with E-state index in [0.717, 1.165) is 16.6 Å². The number of amides is 2. The van der Waals surface area contributed by atoms with Crippen LogP contribution in [0.25, 0.3) is 10.9 Å². The van der Waals surface area contributed by atoms with Gasteiger partial charge in [-0.05, 0) is 43.2 Å². The summed E-state index contributed by atoms with van der Waals surface area (Å²) in [6.07, 6.45) is 3.25. The number of nitrogens with zero attached hydrogens (tertiary/aromatic N) is 1. The van der Waals surface area contributed by atoms with Gasteiger partial charge in [-0.2, -0.15) is 0 Å². The Morgan fingerprint density at radius 3 is 2.50 bits per heavy atom. The van der Waals surface area contributed by atoms with Crippen LogP contribution in [-0.4, -0.2) is 34.8 Å². The molecule has 0 spiro atoms. The second-order valence-corrected chi connectivity index (χ2v) is 6.67. The standard InChI is InChI=1S/C21H21N3O2/c25-20(23-19-8-4-7-18-17(19)9-12-22-18)15-10-13-24(14-11-15)21(26)16-5-2-1-3-6-16/h1-9,12,15,22H,10-11,13-14H2,(H,23,25). The van der Waals surface area contributed by atoms with Crippen molar-refractivity contribution in [3.63, 3.8) is 0 Å². The summed E-state index contributed by atoms with van der Waals surface area (Å²) in [7, 11) is 0. The van der Waals surface area contributed by atoms with E-state index in [9.17, 15) is 9.59 Å². The van der Waals surface area contributed by atoms with Gasteiger partial charge >= 0.3 is 0 Å². The first kappa shape index (κ1) is 16.4. The van der Waals surface area contributed by atoms with E-state index in [4.69, 9.17) is 0 Å². The van der Waals surface area contributed by atoms with Crippen LogP contribution in [0.4, 0.5) is 5.69 Å². The molecule has 2 amide bonds. The molecule has 0 unspecified atom stereocenters. The number of fused-ring (bicyclic) bond motifs is 1. The molecular formula is C21H21N3O2. The molecule has 5 heteroatoms. The van der Waals surface area contributed by atoms with Crippen molar-refractivity contribution in [1.82, 2.24) is 9.88 Å². The highest BCUT2D eigenvalue weighted by molar-refractivity contribution is 6.02. The Hall–Kier alpha value is -3.08. The van der Waals surface area contributed by atoms with Gasteiger partial charge < -0.3 is 15.2 Å². The van der Waals surface area contributed by atoms with Gasteiger partial charge in [-0.15, -0.1) is 0 Å². The Morgan fingerprint density at radius 2 is 1.73 bits per heavy atom. The lowest BCUT2D eigenvalue weighted by atomic mass is 9.95. The number of benzene rings is 2. The maximum absolute atomic E-state index is 12.7. The average Bonchev–Trinajstić information content (AvgIpc) is 3.18. The molecule has 5 nitrogen and oxygen atoms in total. The number of carbonyl (C=O) groups excluding carboxylic acids is 2. The van der Waals surface area contributed by atoms with Gasteiger partial charge in [0.15, 0.2) is 0 Å². The van der Waals surface area contributed by atoms with Crippen molar-refractivity contribution >= 4 is 28.4 Å². The SMILES string of the molecule is O=C(Nc1cccc2[nH]ccc12)C1CCN(C(=O)c2ccccc2)CC1. The molecule has 2 N–H and O–H groups in total. The number of hydrogen-bond donors (Lipinski definition) is 2. The second kappa shape index (κ2) is 7.04. The van der Waals surface area contributed by atoms with Crippen molar-refractivity contribution < 1.29 is 9.59 Å². The molecule has 1 aromatic heterocycles. The van der Waals surface area contributed by atoms with Gasteiger partial charge in [0, 0.05) is 41.7 Å². The topological polar surface area (TPSA) is 65.2 Å². The minimum absolute atomic E-state index is 0.0329. The van der Waals surface area contributed by atoms with Crippen LogP contribution >= 0.6 is 0 Å². The molecule has 132 valence electrons. The van der Waals surface area contributed by atoms with Crippen LogP contribution in [0.5, 0.6) is 0 Å². The number of hydrogen-bond acceptors (Lipinski definition) is 2. The Kier molecular flexibility index (Phi) is 4.44. The summed E-state index contributed by atoms with van der Waals surface area (Å²) in [5, 5.41) is 4.07. The van der Waals surface area contributed by atoms with Crippen LogP contribution in [0.2, 0.25) is 0 Å². The van der Waals surface area contributed by atoms with Gasteiger partial charge in [-0.1, -0.05) is 24.3 Å². The minimum atomic E-state index is -0.0657. The molecule has 26 heavy (non-hydrogen) atoms. The number of aromatic amines is 1. The molecule has 0 aliphatic carbocycles. The molecule has 0 bridgehead atoms. The maximum Gasteiger partial charge on any atom is 0.253 e. The van der Waals surface area contributed by atoms with E-state index in [1.807, 2.05) is 65.7 Å². The van der Waals surface area contributed by atoms with Crippen LogP contribution in [-0.2, 0) is 4.79 Å². The van der Waals surface area contributed by atoms with Crippen LogP contribution in [0.15, 0.2) is 60.8 Å². The largest absolute Gasteiger partial charge is 0.361 e. The predicted octanol–water partition coefficient (Wildman–Crippen LogP) is 3.66. The highest BCUT2D eigenvalue weighted by atomic mass is 16.2. The maximum atomic E-state index is 12.7. The molecule has 1 saturated heterocycles. The lowest BCUT2D eigenvalue weighted by molar-refractivity contribution is -0.121. The van der Waals surface area contributed by atoms with Crippen LogP contribution in [0.3, 0.4) is 0 Å². The van der Waals surface area contributed by atoms with Crippen LogP contribution < -0.4 is 5.32 Å². The van der Waals surface area contributed by atoms with E-state index in [-0.39, 0.29) is 17.7 Å². The number of piperidine rings is 1. The first-order chi connectivity index (χ1) is 12.7. The monoisotopic (exact) mass is 347 g/mol. The van der Waals surface area contributed by atoms with Crippen molar-refractivity contribution in [2.75, 3.05) is 18.4 Å². The number of aromatic nitrogens is 1. The van der Waals surface area contributed by atoms with Gasteiger partial charge in [-0.3, -0.25) is 9.59 Å². The predicted molar refractivity (Wildman–Crippen MR) is 102 cm³/mol. The molecule has 3 aromatic rings. The Morgan fingerprint density at radius 1 is 0.962 bits per heavy atom. The van der Waals surface area contributed by atoms with Gasteiger partial charge in [0.1, 0.15) is 0 Å². The summed E-state index contributed by atoms with van der Waals surface area (Å²) in [5.74, 6) is 0.0103. The Labute approximate surface area is 152 Å². The lowest BCUT2D eigenvalue weighted by Crippen LogP contribution is -2.41. The average molecular weight is 347 g/mol. The molecule has 1 aliphatic heterocycles. The van der Waals surface area contributed by atoms with E-state index in [0.29, 0.717) is 31.5 Å². The summed E-state index contributed by atoms with van der Waals surface area (Å²) in [4.78, 5) is 30.2. The zero-order valence-corrected chi connectivity index (χ0v) is 14.4. The highest BCUT2D eigenvalue weighted by Crippen LogP contribution is 2.25. The van der Waals surface area contributed by atoms with Gasteiger partial charge in [-0.25, -0.2) is 0 Å². The molecule has 2 heterocycles. The number of nitrogens with one attached hydrogen (secondary N) is 2. The third-order valence-electron chi connectivity index (χ3n) is 5.03. The van der Waals surface area contributed by atoms with E-state index in [1.54, 1.807) is 0 Å². The number of likely N-dealkylation sites (tertiary alicyclic amines) is 1. The first-order valence-electron chi connectivity index (χ1n) is 8.93. The minimum Gasteiger partial charge on any atom is -0.361 e. The van der Waals surface area contributed by atoms with Crippen molar-refractivity contribution in [3.8, 4) is 0 Å². The third-order valence-corrected chi connectivity index (χ3v) is 5.03. The van der Waals surface area contributed by atoms with E-state index >= 15 is 0 Å². The van der Waals surface area contributed by atoms with Crippen molar-refractivity contribution in [3.05, 3.63) is 66.4 Å². The molecule has 0 saturated carbocycles. The van der Waals surface area contributed by atoms with Gasteiger partial charge in [0.2, 0.25) is 5.91 Å². The van der Waals surface area contributed by atoms with E-state index in [2.05, 4.69) is 10.3 Å². The van der Waals surface area contributed by atoms with Crippen molar-refractivity contribution in [2.24, 2.45) is 5.92 Å². The normalized spacial score (nSPS) is 15.2. The number of carbonyl (C=O) groups is 2. The van der Waals surface area contributed by atoms with Crippen LogP contribution in [0.1, 0.15) is 23.2 Å². The summed E-state index contributed by atoms with van der Waals surface area (Å²) < 4.78 is 0. The quantitative estimate of drug-likeness (QED) is 0.759. The van der Waals surface area contributed by atoms with Crippen molar-refractivity contribution in [2.45, 2.75) is 12.8 Å². The van der Waals surface area contributed by atoms with Crippen LogP contribution in [0, 0.1) is 5.92 Å². The van der Waals surface area contributed by atoms with E-state index in [1.165, 1.54) is 0 Å². The molecular weight excluding hydrogens is 326 g/mol. The summed E-state index contributed by atoms with van der Waals surface area (Å²) in [6, 6.07) is 17.1.